The molecule has 1 aliphatic rings. The smallest absolute Gasteiger partial charge is 0.325 e. The molecule has 0 saturated carbocycles. The molecule has 13 heteroatoms. The van der Waals surface area contributed by atoms with Crippen LogP contribution in [0.5, 0.6) is 0 Å². The second-order valence-corrected chi connectivity index (χ2v) is 7.86. The third-order valence-electron chi connectivity index (χ3n) is 4.36. The number of esters is 2. The summed E-state index contributed by atoms with van der Waals surface area (Å²) in [6, 6.07) is -2.07. The molecule has 0 bridgehead atoms. The van der Waals surface area contributed by atoms with Crippen LogP contribution in [0.25, 0.3) is 0 Å². The highest BCUT2D eigenvalue weighted by Crippen LogP contribution is 2.24. The Bertz CT molecular complexity index is 717. The van der Waals surface area contributed by atoms with Crippen molar-refractivity contribution < 1.29 is 38.2 Å². The molecular formula is C18H28N4O8S. The zero-order valence-corrected chi connectivity index (χ0v) is 18.5. The summed E-state index contributed by atoms with van der Waals surface area (Å²) in [6.07, 6.45) is -0.136. The van der Waals surface area contributed by atoms with Crippen molar-refractivity contribution >= 4 is 47.3 Å². The third kappa shape index (κ3) is 8.53. The zero-order chi connectivity index (χ0) is 23.6. The lowest BCUT2D eigenvalue weighted by molar-refractivity contribution is -0.145. The first-order chi connectivity index (χ1) is 14.6. The summed E-state index contributed by atoms with van der Waals surface area (Å²) in [5.74, 6) is -3.24. The van der Waals surface area contributed by atoms with Crippen LogP contribution < -0.4 is 16.4 Å². The van der Waals surface area contributed by atoms with Gasteiger partial charge in [0.15, 0.2) is 0 Å². The van der Waals surface area contributed by atoms with E-state index in [2.05, 4.69) is 15.4 Å². The number of carbonyl (C=O) groups is 6. The monoisotopic (exact) mass is 460 g/mol. The summed E-state index contributed by atoms with van der Waals surface area (Å²) < 4.78 is 9.23. The van der Waals surface area contributed by atoms with E-state index >= 15 is 0 Å². The number of nitrogens with zero attached hydrogens (tertiary/aromatic N) is 1. The second kappa shape index (κ2) is 12.9. The Labute approximate surface area is 183 Å². The van der Waals surface area contributed by atoms with Gasteiger partial charge in [0.05, 0.1) is 19.0 Å². The summed E-state index contributed by atoms with van der Waals surface area (Å²) in [5.41, 5.74) is 5.66. The van der Waals surface area contributed by atoms with E-state index in [0.717, 1.165) is 23.8 Å². The largest absolute Gasteiger partial charge is 0.468 e. The van der Waals surface area contributed by atoms with Crippen molar-refractivity contribution in [3.63, 3.8) is 0 Å². The lowest BCUT2D eigenvalue weighted by Crippen LogP contribution is -2.50. The molecule has 0 aliphatic carbocycles. The maximum absolute atomic E-state index is 12.4. The van der Waals surface area contributed by atoms with Gasteiger partial charge in [-0.15, -0.1) is 11.8 Å². The molecule has 3 atom stereocenters. The van der Waals surface area contributed by atoms with Crippen LogP contribution in [-0.2, 0) is 38.2 Å². The number of rotatable bonds is 12. The van der Waals surface area contributed by atoms with Crippen LogP contribution in [0.15, 0.2) is 0 Å². The van der Waals surface area contributed by atoms with Gasteiger partial charge in [0.25, 0.3) is 0 Å². The van der Waals surface area contributed by atoms with E-state index in [0.29, 0.717) is 0 Å². The van der Waals surface area contributed by atoms with Gasteiger partial charge in [0, 0.05) is 25.6 Å². The molecule has 31 heavy (non-hydrogen) atoms. The molecule has 1 fully saturated rings. The Hall–Kier alpha value is -2.67. The van der Waals surface area contributed by atoms with Crippen LogP contribution in [0.4, 0.5) is 0 Å². The van der Waals surface area contributed by atoms with Crippen LogP contribution >= 0.6 is 11.8 Å². The first-order valence-corrected chi connectivity index (χ1v) is 10.6. The van der Waals surface area contributed by atoms with E-state index in [4.69, 9.17) is 10.5 Å². The molecule has 12 nitrogen and oxygen atoms in total. The number of hydrogen-bond donors (Lipinski definition) is 3. The van der Waals surface area contributed by atoms with E-state index in [-0.39, 0.29) is 43.4 Å². The summed E-state index contributed by atoms with van der Waals surface area (Å²) >= 11 is 1.05. The van der Waals surface area contributed by atoms with Crippen LogP contribution in [0.3, 0.4) is 0 Å². The summed E-state index contributed by atoms with van der Waals surface area (Å²) in [4.78, 5) is 72.2. The molecule has 0 aromatic rings. The van der Waals surface area contributed by atoms with E-state index in [9.17, 15) is 28.8 Å². The quantitative estimate of drug-likeness (QED) is 0.217. The van der Waals surface area contributed by atoms with Crippen molar-refractivity contribution in [1.82, 2.24) is 15.5 Å². The Morgan fingerprint density at radius 2 is 1.97 bits per heavy atom. The second-order valence-electron chi connectivity index (χ2n) is 6.63. The minimum absolute atomic E-state index is 0.00115. The highest BCUT2D eigenvalue weighted by molar-refractivity contribution is 8.00. The van der Waals surface area contributed by atoms with Gasteiger partial charge in [-0.05, 0) is 13.3 Å². The minimum atomic E-state index is -1.09. The number of hydrogen-bond acceptors (Lipinski definition) is 10. The number of ether oxygens (including phenoxy) is 2. The maximum atomic E-state index is 12.4. The van der Waals surface area contributed by atoms with E-state index in [1.807, 2.05) is 0 Å². The SMILES string of the molecule is CCOC(=O)[C@@H](N)CCC(=O)N[C@@H](CSC1CC(=O)N(C)C1=O)C(=O)NCC(=O)OC. The van der Waals surface area contributed by atoms with Crippen molar-refractivity contribution in [1.29, 1.82) is 0 Å². The van der Waals surface area contributed by atoms with Crippen molar-refractivity contribution in [3.8, 4) is 0 Å². The van der Waals surface area contributed by atoms with Gasteiger partial charge >= 0.3 is 11.9 Å². The average molecular weight is 461 g/mol. The maximum Gasteiger partial charge on any atom is 0.325 e. The van der Waals surface area contributed by atoms with Gasteiger partial charge in [0.2, 0.25) is 23.6 Å². The lowest BCUT2D eigenvalue weighted by Gasteiger charge is -2.19. The number of nitrogens with one attached hydrogen (secondary N) is 2. The molecule has 0 aromatic heterocycles. The Morgan fingerprint density at radius 3 is 2.52 bits per heavy atom. The number of carbonyl (C=O) groups excluding carboxylic acids is 6. The van der Waals surface area contributed by atoms with Crippen molar-refractivity contribution in [2.75, 3.05) is 33.1 Å². The molecule has 1 saturated heterocycles. The molecular weight excluding hydrogens is 432 g/mol. The molecule has 0 radical (unpaired) electrons. The van der Waals surface area contributed by atoms with Gasteiger partial charge < -0.3 is 25.8 Å². The molecule has 1 heterocycles. The fourth-order valence-corrected chi connectivity index (χ4v) is 3.74. The Morgan fingerprint density at radius 1 is 1.29 bits per heavy atom. The molecule has 0 spiro atoms. The fourth-order valence-electron chi connectivity index (χ4n) is 2.52. The molecule has 1 aliphatic heterocycles. The molecule has 174 valence electrons. The van der Waals surface area contributed by atoms with Crippen LogP contribution in [0.1, 0.15) is 26.2 Å². The molecule has 4 N–H and O–H groups in total. The highest BCUT2D eigenvalue weighted by Gasteiger charge is 2.37. The summed E-state index contributed by atoms with van der Waals surface area (Å²) in [5, 5.41) is 4.18. The normalized spacial score (nSPS) is 17.7. The van der Waals surface area contributed by atoms with Crippen LogP contribution in [-0.4, -0.2) is 90.9 Å². The van der Waals surface area contributed by atoms with Crippen LogP contribution in [0, 0.1) is 0 Å². The number of likely N-dealkylation sites (tertiary alicyclic amines) is 1. The van der Waals surface area contributed by atoms with Crippen molar-refractivity contribution in [3.05, 3.63) is 0 Å². The first-order valence-electron chi connectivity index (χ1n) is 9.58. The number of imide groups is 1. The molecule has 4 amide bonds. The fraction of sp³-hybridized carbons (Fsp3) is 0.667. The summed E-state index contributed by atoms with van der Waals surface area (Å²) in [7, 11) is 2.54. The predicted molar refractivity (Wildman–Crippen MR) is 109 cm³/mol. The number of thioether (sulfide) groups is 1. The van der Waals surface area contributed by atoms with Gasteiger partial charge in [-0.2, -0.15) is 0 Å². The topological polar surface area (TPSA) is 174 Å². The molecule has 1 unspecified atom stereocenters. The van der Waals surface area contributed by atoms with E-state index in [1.54, 1.807) is 6.92 Å². The number of methoxy groups -OCH3 is 1. The minimum Gasteiger partial charge on any atom is -0.468 e. The van der Waals surface area contributed by atoms with Gasteiger partial charge in [-0.1, -0.05) is 0 Å². The Kier molecular flexibility index (Phi) is 11.0. The predicted octanol–water partition coefficient (Wildman–Crippen LogP) is -2.08. The lowest BCUT2D eigenvalue weighted by atomic mass is 10.1. The van der Waals surface area contributed by atoms with Gasteiger partial charge in [-0.3, -0.25) is 33.7 Å². The summed E-state index contributed by atoms with van der Waals surface area (Å²) in [6.45, 7) is 1.40. The Balaban J connectivity index is 2.68. The van der Waals surface area contributed by atoms with Crippen molar-refractivity contribution in [2.24, 2.45) is 5.73 Å². The first kappa shape index (κ1) is 26.4. The molecule has 1 rings (SSSR count). The highest BCUT2D eigenvalue weighted by atomic mass is 32.2. The third-order valence-corrected chi connectivity index (χ3v) is 5.66. The molecule has 0 aromatic carbocycles. The number of nitrogens with two attached hydrogens (primary N) is 1. The number of amides is 4. The zero-order valence-electron chi connectivity index (χ0n) is 17.7. The standard InChI is InChI=1S/C18H28N4O8S/c1-4-30-18(28)10(19)5-6-13(23)21-11(16(26)20-8-15(25)29-3)9-31-12-7-14(24)22(2)17(12)27/h10-12H,4-9,19H2,1-3H3,(H,20,26)(H,21,23)/t10-,11-,12?/m0/s1. The van der Waals surface area contributed by atoms with Gasteiger partial charge in [0.1, 0.15) is 18.6 Å². The van der Waals surface area contributed by atoms with Gasteiger partial charge in [-0.25, -0.2) is 0 Å². The van der Waals surface area contributed by atoms with Crippen LogP contribution in [0.2, 0.25) is 0 Å². The van der Waals surface area contributed by atoms with E-state index in [1.165, 1.54) is 7.05 Å². The van der Waals surface area contributed by atoms with Crippen molar-refractivity contribution in [2.45, 2.75) is 43.5 Å². The average Bonchev–Trinajstić information content (AvgIpc) is 2.99. The van der Waals surface area contributed by atoms with E-state index < -0.39 is 47.6 Å².